The van der Waals surface area contributed by atoms with Crippen molar-refractivity contribution in [2.45, 2.75) is 26.3 Å². The van der Waals surface area contributed by atoms with Gasteiger partial charge in [0.2, 0.25) is 5.95 Å². The van der Waals surface area contributed by atoms with Crippen LogP contribution in [0.4, 0.5) is 5.95 Å². The maximum absolute atomic E-state index is 5.80. The second-order valence-corrected chi connectivity index (χ2v) is 5.52. The molecule has 0 spiro atoms. The van der Waals surface area contributed by atoms with E-state index in [1.807, 2.05) is 29.3 Å². The second-order valence-electron chi connectivity index (χ2n) is 5.52. The van der Waals surface area contributed by atoms with Gasteiger partial charge < -0.3 is 10.6 Å². The van der Waals surface area contributed by atoms with E-state index in [9.17, 15) is 0 Å². The van der Waals surface area contributed by atoms with E-state index in [0.29, 0.717) is 5.92 Å². The van der Waals surface area contributed by atoms with Crippen LogP contribution in [-0.4, -0.2) is 39.4 Å². The number of hydrogen-bond donors (Lipinski definition) is 1. The lowest BCUT2D eigenvalue weighted by Gasteiger charge is -2.32. The van der Waals surface area contributed by atoms with Gasteiger partial charge in [-0.3, -0.25) is 4.68 Å². The fraction of sp³-hybridized carbons (Fsp3) is 0.533. The molecular formula is C15H22N6. The molecule has 1 fully saturated rings. The van der Waals surface area contributed by atoms with E-state index in [-0.39, 0.29) is 0 Å². The van der Waals surface area contributed by atoms with Gasteiger partial charge in [-0.2, -0.15) is 5.10 Å². The summed E-state index contributed by atoms with van der Waals surface area (Å²) < 4.78 is 1.91. The number of rotatable bonds is 4. The first-order valence-electron chi connectivity index (χ1n) is 7.61. The normalized spacial score (nSPS) is 19.0. The summed E-state index contributed by atoms with van der Waals surface area (Å²) in [4.78, 5) is 11.4. The van der Waals surface area contributed by atoms with Crippen LogP contribution in [0.5, 0.6) is 0 Å². The fourth-order valence-electron chi connectivity index (χ4n) is 2.77. The maximum Gasteiger partial charge on any atom is 0.225 e. The molecule has 0 amide bonds. The van der Waals surface area contributed by atoms with Crippen molar-refractivity contribution in [3.63, 3.8) is 0 Å². The number of nitrogens with zero attached hydrogens (tertiary/aromatic N) is 5. The first kappa shape index (κ1) is 14.0. The Morgan fingerprint density at radius 2 is 2.33 bits per heavy atom. The van der Waals surface area contributed by atoms with Crippen molar-refractivity contribution in [1.29, 1.82) is 0 Å². The van der Waals surface area contributed by atoms with Crippen LogP contribution in [0.25, 0.3) is 11.3 Å². The van der Waals surface area contributed by atoms with Crippen LogP contribution in [0.1, 0.15) is 19.8 Å². The lowest BCUT2D eigenvalue weighted by molar-refractivity contribution is 0.419. The van der Waals surface area contributed by atoms with Crippen molar-refractivity contribution in [3.8, 4) is 11.3 Å². The molecular weight excluding hydrogens is 264 g/mol. The Morgan fingerprint density at radius 1 is 1.43 bits per heavy atom. The molecule has 1 aliphatic rings. The van der Waals surface area contributed by atoms with Gasteiger partial charge in [-0.05, 0) is 38.3 Å². The number of piperidine rings is 1. The van der Waals surface area contributed by atoms with Gasteiger partial charge in [0, 0.05) is 37.6 Å². The molecule has 1 aliphatic heterocycles. The van der Waals surface area contributed by atoms with Gasteiger partial charge in [-0.15, -0.1) is 0 Å². The third-order valence-electron chi connectivity index (χ3n) is 4.03. The van der Waals surface area contributed by atoms with Crippen LogP contribution in [0.15, 0.2) is 24.7 Å². The summed E-state index contributed by atoms with van der Waals surface area (Å²) in [6, 6.07) is 1.94. The molecule has 2 N–H and O–H groups in total. The van der Waals surface area contributed by atoms with E-state index < -0.39 is 0 Å². The molecule has 3 rings (SSSR count). The van der Waals surface area contributed by atoms with E-state index in [1.165, 1.54) is 6.42 Å². The first-order valence-corrected chi connectivity index (χ1v) is 7.61. The summed E-state index contributed by atoms with van der Waals surface area (Å²) in [5.74, 6) is 1.35. The quantitative estimate of drug-likeness (QED) is 0.923. The van der Waals surface area contributed by atoms with Gasteiger partial charge in [0.1, 0.15) is 0 Å². The van der Waals surface area contributed by atoms with E-state index in [2.05, 4.69) is 21.9 Å². The second kappa shape index (κ2) is 6.22. The lowest BCUT2D eigenvalue weighted by Crippen LogP contribution is -2.39. The number of aromatic nitrogens is 4. The van der Waals surface area contributed by atoms with E-state index in [1.54, 1.807) is 0 Å². The Morgan fingerprint density at radius 3 is 3.10 bits per heavy atom. The molecule has 0 radical (unpaired) electrons. The molecule has 0 aromatic carbocycles. The molecule has 112 valence electrons. The van der Waals surface area contributed by atoms with Crippen molar-refractivity contribution in [3.05, 3.63) is 24.7 Å². The van der Waals surface area contributed by atoms with Crippen LogP contribution in [-0.2, 0) is 6.54 Å². The number of hydrogen-bond acceptors (Lipinski definition) is 5. The molecule has 2 aromatic heterocycles. The maximum atomic E-state index is 5.80. The van der Waals surface area contributed by atoms with Gasteiger partial charge in [-0.25, -0.2) is 9.97 Å². The molecule has 2 aromatic rings. The van der Waals surface area contributed by atoms with Gasteiger partial charge in [0.25, 0.3) is 0 Å². The zero-order valence-electron chi connectivity index (χ0n) is 12.4. The Kier molecular flexibility index (Phi) is 4.15. The van der Waals surface area contributed by atoms with Crippen LogP contribution in [0, 0.1) is 5.92 Å². The predicted molar refractivity (Wildman–Crippen MR) is 82.9 cm³/mol. The van der Waals surface area contributed by atoms with Crippen LogP contribution < -0.4 is 10.6 Å². The molecule has 1 saturated heterocycles. The van der Waals surface area contributed by atoms with E-state index in [0.717, 1.165) is 49.8 Å². The van der Waals surface area contributed by atoms with Crippen molar-refractivity contribution < 1.29 is 0 Å². The average molecular weight is 286 g/mol. The van der Waals surface area contributed by atoms with E-state index >= 15 is 0 Å². The number of anilines is 1. The average Bonchev–Trinajstić information content (AvgIpc) is 3.04. The Bertz CT molecular complexity index is 593. The lowest BCUT2D eigenvalue weighted by atomic mass is 9.99. The molecule has 6 nitrogen and oxygen atoms in total. The summed E-state index contributed by atoms with van der Waals surface area (Å²) in [5, 5.41) is 4.30. The Hall–Kier alpha value is -1.95. The van der Waals surface area contributed by atoms with Crippen LogP contribution in [0.2, 0.25) is 0 Å². The molecule has 0 saturated carbocycles. The monoisotopic (exact) mass is 286 g/mol. The van der Waals surface area contributed by atoms with Gasteiger partial charge in [0.05, 0.1) is 11.9 Å². The molecule has 1 atom stereocenters. The first-order chi connectivity index (χ1) is 10.3. The molecule has 1 unspecified atom stereocenters. The summed E-state index contributed by atoms with van der Waals surface area (Å²) in [6.07, 6.45) is 8.06. The highest BCUT2D eigenvalue weighted by Gasteiger charge is 2.21. The minimum atomic E-state index is 0.550. The summed E-state index contributed by atoms with van der Waals surface area (Å²) in [7, 11) is 0. The minimum absolute atomic E-state index is 0.550. The highest BCUT2D eigenvalue weighted by molar-refractivity contribution is 5.58. The predicted octanol–water partition coefficient (Wildman–Crippen LogP) is 1.54. The van der Waals surface area contributed by atoms with Crippen molar-refractivity contribution >= 4 is 5.95 Å². The molecule has 0 aliphatic carbocycles. The van der Waals surface area contributed by atoms with E-state index in [4.69, 9.17) is 10.7 Å². The van der Waals surface area contributed by atoms with Gasteiger partial charge in [-0.1, -0.05) is 0 Å². The third-order valence-corrected chi connectivity index (χ3v) is 4.03. The zero-order chi connectivity index (χ0) is 14.7. The van der Waals surface area contributed by atoms with Gasteiger partial charge >= 0.3 is 0 Å². The van der Waals surface area contributed by atoms with Gasteiger partial charge in [0.15, 0.2) is 0 Å². The highest BCUT2D eigenvalue weighted by Crippen LogP contribution is 2.22. The number of aryl methyl sites for hydroxylation is 1. The fourth-order valence-corrected chi connectivity index (χ4v) is 2.77. The van der Waals surface area contributed by atoms with Crippen molar-refractivity contribution in [2.75, 3.05) is 24.5 Å². The van der Waals surface area contributed by atoms with Crippen molar-refractivity contribution in [2.24, 2.45) is 11.7 Å². The molecule has 3 heterocycles. The standard InChI is InChI=1S/C15H22N6/c1-2-21-11-13(9-18-21)14-5-6-17-15(19-14)20-7-3-4-12(8-16)10-20/h5-6,9,11-12H,2-4,7-8,10,16H2,1H3. The SMILES string of the molecule is CCn1cc(-c2ccnc(N3CCCC(CN)C3)n2)cn1. The minimum Gasteiger partial charge on any atom is -0.340 e. The van der Waals surface area contributed by atoms with Crippen molar-refractivity contribution in [1.82, 2.24) is 19.7 Å². The highest BCUT2D eigenvalue weighted by atomic mass is 15.3. The molecule has 0 bridgehead atoms. The third kappa shape index (κ3) is 3.05. The smallest absolute Gasteiger partial charge is 0.225 e. The van der Waals surface area contributed by atoms with Crippen LogP contribution in [0.3, 0.4) is 0 Å². The zero-order valence-corrected chi connectivity index (χ0v) is 12.4. The largest absolute Gasteiger partial charge is 0.340 e. The number of nitrogens with two attached hydrogens (primary N) is 1. The summed E-state index contributed by atoms with van der Waals surface area (Å²) >= 11 is 0. The van der Waals surface area contributed by atoms with Crippen LogP contribution >= 0.6 is 0 Å². The summed E-state index contributed by atoms with van der Waals surface area (Å²) in [6.45, 7) is 5.63. The molecule has 6 heteroatoms. The Labute approximate surface area is 125 Å². The summed E-state index contributed by atoms with van der Waals surface area (Å²) in [5.41, 5.74) is 7.76. The molecule has 21 heavy (non-hydrogen) atoms. The topological polar surface area (TPSA) is 72.9 Å². The Balaban J connectivity index is 1.82.